The highest BCUT2D eigenvalue weighted by molar-refractivity contribution is 6.30. The summed E-state index contributed by atoms with van der Waals surface area (Å²) < 4.78 is 13.1. The molecule has 0 saturated carbocycles. The Balaban J connectivity index is 1.28. The van der Waals surface area contributed by atoms with Crippen molar-refractivity contribution in [2.24, 2.45) is 0 Å². The van der Waals surface area contributed by atoms with Crippen molar-refractivity contribution < 1.29 is 14.3 Å². The van der Waals surface area contributed by atoms with Gasteiger partial charge in [-0.05, 0) is 62.6 Å². The predicted octanol–water partition coefficient (Wildman–Crippen LogP) is 5.25. The average Bonchev–Trinajstić information content (AvgIpc) is 3.28. The Morgan fingerprint density at radius 2 is 1.83 bits per heavy atom. The van der Waals surface area contributed by atoms with Crippen LogP contribution in [0, 0.1) is 13.8 Å². The summed E-state index contributed by atoms with van der Waals surface area (Å²) in [6.07, 6.45) is 0.936. The molecule has 0 radical (unpaired) electrons. The monoisotopic (exact) mass is 490 g/mol. The van der Waals surface area contributed by atoms with Crippen LogP contribution in [0.25, 0.3) is 16.9 Å². The highest BCUT2D eigenvalue weighted by Crippen LogP contribution is 2.32. The Kier molecular flexibility index (Phi) is 6.34. The summed E-state index contributed by atoms with van der Waals surface area (Å²) in [6, 6.07) is 15.2. The van der Waals surface area contributed by atoms with E-state index in [1.165, 1.54) is 0 Å². The van der Waals surface area contributed by atoms with E-state index in [4.69, 9.17) is 31.2 Å². The molecule has 0 fully saturated rings. The first-order valence-corrected chi connectivity index (χ1v) is 12.1. The van der Waals surface area contributed by atoms with E-state index in [0.717, 1.165) is 50.9 Å². The van der Waals surface area contributed by atoms with Crippen LogP contribution in [-0.2, 0) is 11.2 Å². The van der Waals surface area contributed by atoms with Crippen LogP contribution in [-0.4, -0.2) is 33.7 Å². The minimum absolute atomic E-state index is 0.0198. The molecule has 1 amide bonds. The van der Waals surface area contributed by atoms with Gasteiger partial charge in [-0.3, -0.25) is 4.79 Å². The second-order valence-electron chi connectivity index (χ2n) is 8.76. The van der Waals surface area contributed by atoms with E-state index in [1.54, 1.807) is 0 Å². The van der Waals surface area contributed by atoms with Crippen LogP contribution in [0.1, 0.15) is 41.9 Å². The number of hydrogen-bond donors (Lipinski definition) is 1. The molecule has 0 spiro atoms. The van der Waals surface area contributed by atoms with Gasteiger partial charge in [0.2, 0.25) is 5.91 Å². The zero-order valence-corrected chi connectivity index (χ0v) is 20.7. The fraction of sp³-hybridized carbons (Fsp3) is 0.296. The van der Waals surface area contributed by atoms with Crippen LogP contribution in [0.15, 0.2) is 48.5 Å². The fourth-order valence-corrected chi connectivity index (χ4v) is 4.54. The topological polar surface area (TPSA) is 77.8 Å². The van der Waals surface area contributed by atoms with Crippen LogP contribution < -0.4 is 14.8 Å². The lowest BCUT2D eigenvalue weighted by molar-refractivity contribution is -0.121. The third kappa shape index (κ3) is 4.82. The second kappa shape index (κ2) is 9.58. The van der Waals surface area contributed by atoms with Crippen LogP contribution in [0.5, 0.6) is 11.5 Å². The van der Waals surface area contributed by atoms with Crippen LogP contribution >= 0.6 is 11.6 Å². The molecule has 1 aliphatic rings. The summed E-state index contributed by atoms with van der Waals surface area (Å²) >= 11 is 6.02. The van der Waals surface area contributed by atoms with Crippen molar-refractivity contribution in [1.82, 2.24) is 19.9 Å². The fourth-order valence-electron chi connectivity index (χ4n) is 4.41. The molecule has 1 N–H and O–H groups in total. The van der Waals surface area contributed by atoms with E-state index >= 15 is 0 Å². The number of carbonyl (C=O) groups is 1. The zero-order chi connectivity index (χ0) is 24.5. The summed E-state index contributed by atoms with van der Waals surface area (Å²) in [5.41, 5.74) is 6.50. The number of halogens is 1. The minimum Gasteiger partial charge on any atom is -0.486 e. The summed E-state index contributed by atoms with van der Waals surface area (Å²) in [7, 11) is 0. The molecule has 4 aromatic rings. The highest BCUT2D eigenvalue weighted by Gasteiger charge is 2.18. The number of aryl methyl sites for hydroxylation is 2. The number of hydrogen-bond acceptors (Lipinski definition) is 5. The molecule has 5 rings (SSSR count). The first kappa shape index (κ1) is 23.2. The van der Waals surface area contributed by atoms with Gasteiger partial charge in [-0.25, -0.2) is 9.50 Å². The lowest BCUT2D eigenvalue weighted by Crippen LogP contribution is -2.27. The van der Waals surface area contributed by atoms with Crippen molar-refractivity contribution in [3.63, 3.8) is 0 Å². The van der Waals surface area contributed by atoms with Gasteiger partial charge >= 0.3 is 0 Å². The second-order valence-corrected chi connectivity index (χ2v) is 9.20. The minimum atomic E-state index is -0.144. The molecular weight excluding hydrogens is 464 g/mol. The van der Waals surface area contributed by atoms with Crippen molar-refractivity contribution in [3.8, 4) is 22.8 Å². The van der Waals surface area contributed by atoms with Gasteiger partial charge in [0.15, 0.2) is 17.1 Å². The normalized spacial score (nSPS) is 13.6. The van der Waals surface area contributed by atoms with E-state index in [-0.39, 0.29) is 11.9 Å². The maximum Gasteiger partial charge on any atom is 0.220 e. The number of rotatable bonds is 6. The first-order valence-electron chi connectivity index (χ1n) is 11.7. The maximum atomic E-state index is 12.8. The lowest BCUT2D eigenvalue weighted by atomic mass is 10.0. The zero-order valence-electron chi connectivity index (χ0n) is 20.0. The smallest absolute Gasteiger partial charge is 0.220 e. The Hall–Kier alpha value is -3.58. The van der Waals surface area contributed by atoms with E-state index < -0.39 is 0 Å². The van der Waals surface area contributed by atoms with E-state index in [1.807, 2.05) is 73.8 Å². The third-order valence-corrected chi connectivity index (χ3v) is 6.60. The molecule has 8 heteroatoms. The Bertz CT molecular complexity index is 1400. The average molecular weight is 491 g/mol. The van der Waals surface area contributed by atoms with Crippen molar-refractivity contribution >= 4 is 23.2 Å². The molecule has 180 valence electrons. The van der Waals surface area contributed by atoms with E-state index in [2.05, 4.69) is 5.32 Å². The van der Waals surface area contributed by atoms with Crippen LogP contribution in [0.4, 0.5) is 0 Å². The van der Waals surface area contributed by atoms with Gasteiger partial charge in [0, 0.05) is 34.5 Å². The van der Waals surface area contributed by atoms with Crippen molar-refractivity contribution in [2.45, 2.75) is 39.7 Å². The molecule has 2 aromatic carbocycles. The van der Waals surface area contributed by atoms with Gasteiger partial charge in [-0.15, -0.1) is 0 Å². The number of carbonyl (C=O) groups excluding carboxylic acids is 1. The number of amides is 1. The Morgan fingerprint density at radius 3 is 2.60 bits per heavy atom. The standard InChI is InChI=1S/C27H27ClN4O3/c1-16(20-6-10-24-25(14-20)35-13-12-34-24)30-27(33)11-9-22-17(2)29-26-15-23(31-32(26)18(22)3)19-4-7-21(28)8-5-19/h4-8,10,14-16H,9,11-13H2,1-3H3,(H,30,33)/t16-/m1/s1. The molecule has 7 nitrogen and oxygen atoms in total. The molecule has 0 aliphatic carbocycles. The Morgan fingerprint density at radius 1 is 1.09 bits per heavy atom. The van der Waals surface area contributed by atoms with Crippen molar-refractivity contribution in [1.29, 1.82) is 0 Å². The number of aromatic nitrogens is 3. The molecule has 2 aromatic heterocycles. The van der Waals surface area contributed by atoms with Crippen molar-refractivity contribution in [3.05, 3.63) is 76.1 Å². The van der Waals surface area contributed by atoms with E-state index in [0.29, 0.717) is 31.1 Å². The predicted molar refractivity (Wildman–Crippen MR) is 135 cm³/mol. The van der Waals surface area contributed by atoms with Crippen LogP contribution in [0.2, 0.25) is 5.02 Å². The number of benzene rings is 2. The maximum absolute atomic E-state index is 12.8. The summed E-state index contributed by atoms with van der Waals surface area (Å²) in [5, 5.41) is 8.53. The van der Waals surface area contributed by atoms with Crippen molar-refractivity contribution in [2.75, 3.05) is 13.2 Å². The van der Waals surface area contributed by atoms with Crippen LogP contribution in [0.3, 0.4) is 0 Å². The lowest BCUT2D eigenvalue weighted by Gasteiger charge is -2.21. The molecule has 1 atom stereocenters. The van der Waals surface area contributed by atoms with Gasteiger partial charge in [0.1, 0.15) is 13.2 Å². The molecule has 0 bridgehead atoms. The van der Waals surface area contributed by atoms with Gasteiger partial charge in [-0.1, -0.05) is 29.8 Å². The largest absolute Gasteiger partial charge is 0.486 e. The quantitative estimate of drug-likeness (QED) is 0.399. The van der Waals surface area contributed by atoms with E-state index in [9.17, 15) is 4.79 Å². The van der Waals surface area contributed by atoms with Gasteiger partial charge in [0.25, 0.3) is 0 Å². The van der Waals surface area contributed by atoms with Gasteiger partial charge in [-0.2, -0.15) is 5.10 Å². The van der Waals surface area contributed by atoms with Gasteiger partial charge in [0.05, 0.1) is 11.7 Å². The number of ether oxygens (including phenoxy) is 2. The molecule has 0 saturated heterocycles. The number of fused-ring (bicyclic) bond motifs is 2. The summed E-state index contributed by atoms with van der Waals surface area (Å²) in [6.45, 7) is 7.05. The van der Waals surface area contributed by atoms with Gasteiger partial charge < -0.3 is 14.8 Å². The number of nitrogens with one attached hydrogen (secondary N) is 1. The molecule has 1 aliphatic heterocycles. The number of nitrogens with zero attached hydrogens (tertiary/aromatic N) is 3. The molecule has 0 unspecified atom stereocenters. The first-order chi connectivity index (χ1) is 16.9. The summed E-state index contributed by atoms with van der Waals surface area (Å²) in [4.78, 5) is 17.5. The Labute approximate surface area is 209 Å². The SMILES string of the molecule is Cc1nc2cc(-c3ccc(Cl)cc3)nn2c(C)c1CCC(=O)N[C@H](C)c1ccc2c(c1)OCCO2. The molecule has 35 heavy (non-hydrogen) atoms. The highest BCUT2D eigenvalue weighted by atomic mass is 35.5. The molecule has 3 heterocycles. The molecular formula is C27H27ClN4O3. The third-order valence-electron chi connectivity index (χ3n) is 6.35. The summed E-state index contributed by atoms with van der Waals surface area (Å²) in [5.74, 6) is 1.44.